The molecule has 234 valence electrons. The summed E-state index contributed by atoms with van der Waals surface area (Å²) in [5.74, 6) is -8.84. The Bertz CT molecular complexity index is 1420. The maximum atomic E-state index is 14.1. The molecule has 4 rings (SSSR count). The van der Waals surface area contributed by atoms with Gasteiger partial charge in [0.25, 0.3) is 5.91 Å². The van der Waals surface area contributed by atoms with Crippen LogP contribution >= 0.6 is 0 Å². The number of likely N-dealkylation sites (N-methyl/N-ethyl adjacent to an activating group) is 1. The van der Waals surface area contributed by atoms with E-state index in [0.717, 1.165) is 0 Å². The van der Waals surface area contributed by atoms with Crippen LogP contribution in [0.4, 0.5) is 0 Å². The van der Waals surface area contributed by atoms with E-state index < -0.39 is 87.0 Å². The van der Waals surface area contributed by atoms with Gasteiger partial charge in [-0.2, -0.15) is 0 Å². The van der Waals surface area contributed by atoms with Gasteiger partial charge >= 0.3 is 5.97 Å². The minimum absolute atomic E-state index is 0.150. The molecule has 0 aromatic heterocycles. The molecule has 6 atom stereocenters. The van der Waals surface area contributed by atoms with Crippen LogP contribution in [-0.4, -0.2) is 104 Å². The molecule has 0 heterocycles. The van der Waals surface area contributed by atoms with Gasteiger partial charge in [-0.15, -0.1) is 0 Å². The molecule has 3 aliphatic carbocycles. The summed E-state index contributed by atoms with van der Waals surface area (Å²) in [5, 5.41) is 70.6. The van der Waals surface area contributed by atoms with E-state index in [-0.39, 0.29) is 30.6 Å². The van der Waals surface area contributed by atoms with Crippen molar-refractivity contribution in [3.8, 4) is 5.75 Å². The summed E-state index contributed by atoms with van der Waals surface area (Å²) in [6, 6.07) is 1.99. The van der Waals surface area contributed by atoms with Crippen LogP contribution in [0.2, 0.25) is 0 Å². The third kappa shape index (κ3) is 5.18. The smallest absolute Gasteiger partial charge is 0.320 e. The Labute approximate surface area is 247 Å². The summed E-state index contributed by atoms with van der Waals surface area (Å²) in [6.45, 7) is 1.63. The van der Waals surface area contributed by atoms with Gasteiger partial charge < -0.3 is 41.7 Å². The van der Waals surface area contributed by atoms with Gasteiger partial charge in [0.2, 0.25) is 5.78 Å². The van der Waals surface area contributed by atoms with Crippen molar-refractivity contribution in [1.82, 2.24) is 15.5 Å². The van der Waals surface area contributed by atoms with Crippen molar-refractivity contribution in [2.75, 3.05) is 27.3 Å². The molecule has 1 amide bonds. The van der Waals surface area contributed by atoms with E-state index >= 15 is 0 Å². The maximum absolute atomic E-state index is 14.1. The lowest BCUT2D eigenvalue weighted by Gasteiger charge is -2.53. The SMILES string of the molecule is CN(C)[C@H]1C(=O)C(C(=O)NCNCCCC[C@@H](N)C(=O)O)=C(O)[C@]2(O)C(=O)C3=C(O)c4c(O)cccc4[C@](C)(O)[C@@H]3C[C@H]12. The minimum atomic E-state index is -2.80. The number of rotatable bonds is 10. The van der Waals surface area contributed by atoms with E-state index in [9.17, 15) is 44.7 Å². The highest BCUT2D eigenvalue weighted by atomic mass is 16.4. The number of hydrogen-bond acceptors (Lipinski definition) is 12. The number of aliphatic hydroxyl groups excluding tert-OH is 2. The first-order valence-electron chi connectivity index (χ1n) is 14.0. The number of ketones is 2. The number of aromatic hydroxyl groups is 1. The topological polar surface area (TPSA) is 243 Å². The van der Waals surface area contributed by atoms with Crippen molar-refractivity contribution < 1.29 is 49.8 Å². The first kappa shape index (κ1) is 32.1. The van der Waals surface area contributed by atoms with Gasteiger partial charge in [-0.05, 0) is 58.5 Å². The molecule has 0 saturated heterocycles. The largest absolute Gasteiger partial charge is 0.508 e. The van der Waals surface area contributed by atoms with Crippen molar-refractivity contribution in [2.45, 2.75) is 55.9 Å². The summed E-state index contributed by atoms with van der Waals surface area (Å²) in [5.41, 5.74) is -0.436. The number of hydrogen-bond donors (Lipinski definition) is 9. The van der Waals surface area contributed by atoms with E-state index in [1.807, 2.05) is 0 Å². The van der Waals surface area contributed by atoms with Crippen LogP contribution in [-0.2, 0) is 24.8 Å². The number of nitrogens with zero attached hydrogens (tertiary/aromatic N) is 1. The quantitative estimate of drug-likeness (QED) is 0.0923. The van der Waals surface area contributed by atoms with E-state index in [1.165, 1.54) is 44.1 Å². The Kier molecular flexibility index (Phi) is 8.73. The Morgan fingerprint density at radius 2 is 1.81 bits per heavy atom. The number of amides is 1. The Balaban J connectivity index is 1.64. The highest BCUT2D eigenvalue weighted by molar-refractivity contribution is 6.25. The molecule has 0 bridgehead atoms. The molecular weight excluding hydrogens is 564 g/mol. The number of carboxylic acid groups (broad SMARTS) is 1. The lowest BCUT2D eigenvalue weighted by molar-refractivity contribution is -0.159. The minimum Gasteiger partial charge on any atom is -0.508 e. The van der Waals surface area contributed by atoms with E-state index in [1.54, 1.807) is 0 Å². The van der Waals surface area contributed by atoms with E-state index in [0.29, 0.717) is 19.4 Å². The standard InChI is InChI=1S/C29H38N4O10/c1-28(42)13-7-6-9-17(34)18(13)22(35)19-14(28)11-15-21(33(2)3)23(36)20(25(38)29(15,43)24(19)37)26(39)32-12-31-10-5-4-8-16(30)27(40)41/h6-7,9,14-16,21,31,34-35,38,42-43H,4-5,8,10-12,30H2,1-3H3,(H,32,39)(H,40,41)/t14-,15-,16-,21-,28+,29-/m1/s1. The normalized spacial score (nSPS) is 29.2. The molecule has 0 aliphatic heterocycles. The lowest BCUT2D eigenvalue weighted by atomic mass is 9.54. The zero-order valence-electron chi connectivity index (χ0n) is 24.1. The molecule has 0 unspecified atom stereocenters. The van der Waals surface area contributed by atoms with Crippen molar-refractivity contribution in [3.05, 3.63) is 46.2 Å². The van der Waals surface area contributed by atoms with Crippen LogP contribution in [0.1, 0.15) is 43.7 Å². The molecule has 14 nitrogen and oxygen atoms in total. The number of nitrogens with two attached hydrogens (primary N) is 1. The number of Topliss-reactive ketones (excluding diaryl/α,β-unsaturated/α-hetero) is 2. The van der Waals surface area contributed by atoms with Crippen LogP contribution in [0.25, 0.3) is 5.76 Å². The number of unbranched alkanes of at least 4 members (excludes halogenated alkanes) is 1. The highest BCUT2D eigenvalue weighted by Gasteiger charge is 2.66. The second-order valence-electron chi connectivity index (χ2n) is 11.7. The average molecular weight is 603 g/mol. The average Bonchev–Trinajstić information content (AvgIpc) is 2.92. The zero-order chi connectivity index (χ0) is 32.0. The molecule has 3 aliphatic rings. The van der Waals surface area contributed by atoms with Crippen molar-refractivity contribution in [3.63, 3.8) is 0 Å². The Morgan fingerprint density at radius 3 is 2.44 bits per heavy atom. The molecule has 43 heavy (non-hydrogen) atoms. The number of benzene rings is 1. The fourth-order valence-corrected chi connectivity index (χ4v) is 6.54. The molecule has 1 aromatic rings. The molecule has 0 spiro atoms. The third-order valence-corrected chi connectivity index (χ3v) is 8.81. The fraction of sp³-hybridized carbons (Fsp3) is 0.517. The number of carbonyl (C=O) groups excluding carboxylic acids is 3. The summed E-state index contributed by atoms with van der Waals surface area (Å²) in [7, 11) is 3.02. The first-order valence-corrected chi connectivity index (χ1v) is 14.0. The Morgan fingerprint density at radius 1 is 1.14 bits per heavy atom. The van der Waals surface area contributed by atoms with Gasteiger partial charge in [-0.25, -0.2) is 0 Å². The summed E-state index contributed by atoms with van der Waals surface area (Å²) < 4.78 is 0. The van der Waals surface area contributed by atoms with Crippen LogP contribution in [0.5, 0.6) is 5.75 Å². The van der Waals surface area contributed by atoms with Gasteiger partial charge in [0.15, 0.2) is 11.4 Å². The van der Waals surface area contributed by atoms with Crippen molar-refractivity contribution >= 4 is 29.2 Å². The number of carboxylic acids is 1. The maximum Gasteiger partial charge on any atom is 0.320 e. The number of phenols is 1. The summed E-state index contributed by atoms with van der Waals surface area (Å²) in [6.07, 6.45) is 1.10. The van der Waals surface area contributed by atoms with Crippen LogP contribution in [0.15, 0.2) is 35.1 Å². The van der Waals surface area contributed by atoms with Crippen LogP contribution in [0.3, 0.4) is 0 Å². The van der Waals surface area contributed by atoms with Crippen LogP contribution in [0, 0.1) is 11.8 Å². The van der Waals surface area contributed by atoms with E-state index in [2.05, 4.69) is 10.6 Å². The van der Waals surface area contributed by atoms with Gasteiger partial charge in [-0.1, -0.05) is 18.6 Å². The molecule has 1 aromatic carbocycles. The third-order valence-electron chi connectivity index (χ3n) is 8.81. The first-order chi connectivity index (χ1) is 20.1. The predicted octanol–water partition coefficient (Wildman–Crippen LogP) is -0.611. The molecule has 10 N–H and O–H groups in total. The molecular formula is C29H38N4O10. The second-order valence-corrected chi connectivity index (χ2v) is 11.7. The Hall–Kier alpha value is -3.82. The number of fused-ring (bicyclic) bond motifs is 3. The highest BCUT2D eigenvalue weighted by Crippen LogP contribution is 2.57. The van der Waals surface area contributed by atoms with Gasteiger partial charge in [-0.3, -0.25) is 29.4 Å². The molecule has 1 saturated carbocycles. The summed E-state index contributed by atoms with van der Waals surface area (Å²) >= 11 is 0. The van der Waals surface area contributed by atoms with Gasteiger partial charge in [0, 0.05) is 17.4 Å². The predicted molar refractivity (Wildman–Crippen MR) is 151 cm³/mol. The number of aliphatic hydroxyl groups is 4. The number of carbonyl (C=O) groups is 4. The van der Waals surface area contributed by atoms with Gasteiger partial charge in [0.1, 0.15) is 28.9 Å². The monoisotopic (exact) mass is 602 g/mol. The summed E-state index contributed by atoms with van der Waals surface area (Å²) in [4.78, 5) is 53.1. The van der Waals surface area contributed by atoms with Crippen molar-refractivity contribution in [1.29, 1.82) is 0 Å². The van der Waals surface area contributed by atoms with Crippen LogP contribution < -0.4 is 16.4 Å². The van der Waals surface area contributed by atoms with E-state index in [4.69, 9.17) is 10.8 Å². The number of nitrogens with one attached hydrogen (secondary N) is 2. The molecule has 1 fully saturated rings. The molecule has 0 radical (unpaired) electrons. The second kappa shape index (κ2) is 11.7. The molecule has 14 heteroatoms. The zero-order valence-corrected chi connectivity index (χ0v) is 24.1. The van der Waals surface area contributed by atoms with Crippen molar-refractivity contribution in [2.24, 2.45) is 17.6 Å². The number of aliphatic carboxylic acids is 1. The number of phenolic OH excluding ortho intramolecular Hbond substituents is 1. The fourth-order valence-electron chi connectivity index (χ4n) is 6.54. The lowest BCUT2D eigenvalue weighted by Crippen LogP contribution is -2.67. The van der Waals surface area contributed by atoms with Gasteiger partial charge in [0.05, 0.1) is 23.9 Å².